The maximum Gasteiger partial charge on any atom is 0.287 e. The smallest absolute Gasteiger partial charge is 0.264 e. The Morgan fingerprint density at radius 1 is 1.04 bits per heavy atom. The first-order chi connectivity index (χ1) is 12.3. The van der Waals surface area contributed by atoms with Crippen molar-refractivity contribution in [3.8, 4) is 0 Å². The molecule has 0 aliphatic heterocycles. The molecule has 0 fully saturated rings. The maximum absolute atomic E-state index is 4.68. The maximum atomic E-state index is 4.68. The number of tetrazole rings is 1. The van der Waals surface area contributed by atoms with E-state index in [0.29, 0.717) is 18.3 Å². The highest BCUT2D eigenvalue weighted by Gasteiger charge is 2.08. The van der Waals surface area contributed by atoms with Crippen molar-refractivity contribution in [3.63, 3.8) is 0 Å². The van der Waals surface area contributed by atoms with E-state index in [2.05, 4.69) is 30.9 Å². The van der Waals surface area contributed by atoms with Crippen LogP contribution >= 0.6 is 0 Å². The SMILES string of the molecule is CCN(N=C(N=Nc1nnnn1C)c1ccccc1)c1ccccc1. The van der Waals surface area contributed by atoms with Crippen molar-refractivity contribution < 1.29 is 0 Å². The molecule has 0 bridgehead atoms. The lowest BCUT2D eigenvalue weighted by atomic mass is 10.2. The molecular weight excluding hydrogens is 316 g/mol. The molecule has 0 saturated carbocycles. The number of rotatable bonds is 5. The third kappa shape index (κ3) is 4.11. The minimum Gasteiger partial charge on any atom is -0.264 e. The molecule has 2 aromatic carbocycles. The van der Waals surface area contributed by atoms with Crippen molar-refractivity contribution in [3.05, 3.63) is 66.2 Å². The monoisotopic (exact) mass is 334 g/mol. The fourth-order valence-corrected chi connectivity index (χ4v) is 2.15. The van der Waals surface area contributed by atoms with Crippen LogP contribution in [0.3, 0.4) is 0 Å². The van der Waals surface area contributed by atoms with Gasteiger partial charge in [-0.2, -0.15) is 0 Å². The molecule has 0 radical (unpaired) electrons. The van der Waals surface area contributed by atoms with E-state index in [-0.39, 0.29) is 0 Å². The fraction of sp³-hybridized carbons (Fsp3) is 0.176. The van der Waals surface area contributed by atoms with E-state index < -0.39 is 0 Å². The van der Waals surface area contributed by atoms with Gasteiger partial charge in [-0.15, -0.1) is 15.3 Å². The number of hydrogen-bond acceptors (Lipinski definition) is 6. The van der Waals surface area contributed by atoms with Crippen molar-refractivity contribution in [1.82, 2.24) is 20.2 Å². The van der Waals surface area contributed by atoms with Crippen molar-refractivity contribution in [1.29, 1.82) is 0 Å². The van der Waals surface area contributed by atoms with E-state index in [9.17, 15) is 0 Å². The van der Waals surface area contributed by atoms with Crippen molar-refractivity contribution >= 4 is 17.5 Å². The minimum absolute atomic E-state index is 0.311. The molecule has 0 unspecified atom stereocenters. The van der Waals surface area contributed by atoms with E-state index in [0.717, 1.165) is 11.3 Å². The summed E-state index contributed by atoms with van der Waals surface area (Å²) in [6.45, 7) is 2.73. The number of azo groups is 1. The first-order valence-corrected chi connectivity index (χ1v) is 7.88. The molecule has 0 aliphatic rings. The van der Waals surface area contributed by atoms with Gasteiger partial charge in [0.25, 0.3) is 5.95 Å². The number of amidine groups is 1. The van der Waals surface area contributed by atoms with Gasteiger partial charge in [-0.05, 0) is 29.5 Å². The van der Waals surface area contributed by atoms with Crippen LogP contribution in [0, 0.1) is 0 Å². The zero-order valence-electron chi connectivity index (χ0n) is 14.1. The quantitative estimate of drug-likeness (QED) is 0.310. The average Bonchev–Trinajstić information content (AvgIpc) is 3.08. The number of aryl methyl sites for hydroxylation is 1. The molecule has 0 atom stereocenters. The summed E-state index contributed by atoms with van der Waals surface area (Å²) >= 11 is 0. The Hall–Kier alpha value is -3.42. The van der Waals surface area contributed by atoms with E-state index in [4.69, 9.17) is 0 Å². The number of para-hydroxylation sites is 1. The van der Waals surface area contributed by atoms with Crippen LogP contribution in [0.25, 0.3) is 0 Å². The number of benzene rings is 2. The Bertz CT molecular complexity index is 855. The van der Waals surface area contributed by atoms with Gasteiger partial charge in [-0.3, -0.25) is 5.01 Å². The largest absolute Gasteiger partial charge is 0.287 e. The lowest BCUT2D eigenvalue weighted by Gasteiger charge is -2.17. The van der Waals surface area contributed by atoms with Gasteiger partial charge in [0.2, 0.25) is 5.84 Å². The van der Waals surface area contributed by atoms with Crippen LogP contribution in [0.2, 0.25) is 0 Å². The Kier molecular flexibility index (Phi) is 5.20. The van der Waals surface area contributed by atoms with Gasteiger partial charge in [0, 0.05) is 19.2 Å². The van der Waals surface area contributed by atoms with Gasteiger partial charge in [-0.25, -0.2) is 4.68 Å². The first kappa shape index (κ1) is 16.4. The highest BCUT2D eigenvalue weighted by molar-refractivity contribution is 5.99. The highest BCUT2D eigenvalue weighted by atomic mass is 15.6. The fourth-order valence-electron chi connectivity index (χ4n) is 2.15. The molecular formula is C17H18N8. The van der Waals surface area contributed by atoms with Crippen LogP contribution in [0.5, 0.6) is 0 Å². The number of hydrogen-bond donors (Lipinski definition) is 0. The second-order valence-electron chi connectivity index (χ2n) is 5.14. The van der Waals surface area contributed by atoms with Gasteiger partial charge in [-0.1, -0.05) is 53.6 Å². The summed E-state index contributed by atoms with van der Waals surface area (Å²) in [6, 6.07) is 19.6. The highest BCUT2D eigenvalue weighted by Crippen LogP contribution is 2.16. The predicted octanol–water partition coefficient (Wildman–Crippen LogP) is 3.18. The molecule has 0 amide bonds. The topological polar surface area (TPSA) is 83.9 Å². The van der Waals surface area contributed by atoms with E-state index in [1.165, 1.54) is 4.68 Å². The van der Waals surface area contributed by atoms with Crippen molar-refractivity contribution in [2.24, 2.45) is 22.4 Å². The summed E-state index contributed by atoms with van der Waals surface area (Å²) in [6.07, 6.45) is 0. The Labute approximate surface area is 145 Å². The Morgan fingerprint density at radius 2 is 1.72 bits per heavy atom. The number of hydrazone groups is 1. The van der Waals surface area contributed by atoms with E-state index in [1.807, 2.05) is 72.6 Å². The van der Waals surface area contributed by atoms with Crippen molar-refractivity contribution in [2.45, 2.75) is 6.92 Å². The zero-order chi connectivity index (χ0) is 17.5. The third-order valence-corrected chi connectivity index (χ3v) is 3.43. The minimum atomic E-state index is 0.311. The second-order valence-corrected chi connectivity index (χ2v) is 5.14. The summed E-state index contributed by atoms with van der Waals surface area (Å²) in [5.41, 5.74) is 1.84. The number of nitrogens with zero attached hydrogens (tertiary/aromatic N) is 8. The Balaban J connectivity index is 1.98. The van der Waals surface area contributed by atoms with Crippen LogP contribution in [-0.2, 0) is 7.05 Å². The standard InChI is InChI=1S/C17H18N8/c1-3-25(15-12-8-5-9-13-15)21-16(14-10-6-4-7-11-14)18-19-17-20-22-23-24(17)2/h4-13H,3H2,1-2H3. The summed E-state index contributed by atoms with van der Waals surface area (Å²) in [5, 5.41) is 26.1. The third-order valence-electron chi connectivity index (χ3n) is 3.43. The lowest BCUT2D eigenvalue weighted by Crippen LogP contribution is -2.18. The molecule has 8 nitrogen and oxygen atoms in total. The van der Waals surface area contributed by atoms with Gasteiger partial charge >= 0.3 is 0 Å². The zero-order valence-corrected chi connectivity index (χ0v) is 14.1. The van der Waals surface area contributed by atoms with Crippen LogP contribution in [0.15, 0.2) is 76.0 Å². The summed E-state index contributed by atoms with van der Waals surface area (Å²) in [5.74, 6) is 0.792. The molecule has 0 spiro atoms. The lowest BCUT2D eigenvalue weighted by molar-refractivity contribution is 0.710. The molecule has 3 rings (SSSR count). The molecule has 1 aromatic heterocycles. The predicted molar refractivity (Wildman–Crippen MR) is 95.8 cm³/mol. The van der Waals surface area contributed by atoms with E-state index in [1.54, 1.807) is 7.05 Å². The van der Waals surface area contributed by atoms with Crippen LogP contribution in [-0.4, -0.2) is 32.6 Å². The summed E-state index contributed by atoms with van der Waals surface area (Å²) in [7, 11) is 1.70. The first-order valence-electron chi connectivity index (χ1n) is 7.88. The van der Waals surface area contributed by atoms with Crippen LogP contribution < -0.4 is 5.01 Å². The molecule has 126 valence electrons. The molecule has 1 heterocycles. The molecule has 0 saturated heterocycles. The number of aromatic nitrogens is 4. The van der Waals surface area contributed by atoms with Crippen LogP contribution in [0.4, 0.5) is 11.6 Å². The molecule has 0 aliphatic carbocycles. The van der Waals surface area contributed by atoms with E-state index >= 15 is 0 Å². The van der Waals surface area contributed by atoms with Gasteiger partial charge in [0.1, 0.15) is 0 Å². The summed E-state index contributed by atoms with van der Waals surface area (Å²) < 4.78 is 1.45. The average molecular weight is 334 g/mol. The molecule has 8 heteroatoms. The van der Waals surface area contributed by atoms with Gasteiger partial charge in [0.15, 0.2) is 0 Å². The van der Waals surface area contributed by atoms with Gasteiger partial charge < -0.3 is 0 Å². The molecule has 3 aromatic rings. The van der Waals surface area contributed by atoms with Crippen LogP contribution in [0.1, 0.15) is 12.5 Å². The van der Waals surface area contributed by atoms with Gasteiger partial charge in [0.05, 0.1) is 5.69 Å². The molecule has 0 N–H and O–H groups in total. The van der Waals surface area contributed by atoms with Crippen molar-refractivity contribution in [2.75, 3.05) is 11.6 Å². The normalized spacial score (nSPS) is 11.8. The molecule has 25 heavy (non-hydrogen) atoms. The number of anilines is 1. The second kappa shape index (κ2) is 7.91. The Morgan fingerprint density at radius 3 is 2.32 bits per heavy atom. The summed E-state index contributed by atoms with van der Waals surface area (Å²) in [4.78, 5) is 0.